The van der Waals surface area contributed by atoms with Crippen LogP contribution >= 0.6 is 11.3 Å². The third-order valence-corrected chi connectivity index (χ3v) is 2.78. The highest BCUT2D eigenvalue weighted by Crippen LogP contribution is 2.20. The molecular formula is C11H11N3O2S. The number of nitrogens with two attached hydrogens (primary N) is 1. The van der Waals surface area contributed by atoms with E-state index in [-0.39, 0.29) is 11.4 Å². The Morgan fingerprint density at radius 1 is 1.59 bits per heavy atom. The lowest BCUT2D eigenvalue weighted by molar-refractivity contribution is 0.0527. The number of esters is 1. The highest BCUT2D eigenvalue weighted by Gasteiger charge is 2.14. The van der Waals surface area contributed by atoms with Gasteiger partial charge in [-0.3, -0.25) is 0 Å². The van der Waals surface area contributed by atoms with Gasteiger partial charge in [0.1, 0.15) is 11.4 Å². The molecule has 0 fully saturated rings. The molecule has 0 saturated carbocycles. The normalized spacial score (nSPS) is 10.2. The summed E-state index contributed by atoms with van der Waals surface area (Å²) in [5, 5.41) is 3.84. The predicted octanol–water partition coefficient (Wildman–Crippen LogP) is 1.96. The van der Waals surface area contributed by atoms with Crippen molar-refractivity contribution in [2.24, 2.45) is 0 Å². The Kier molecular flexibility index (Phi) is 3.34. The number of anilines is 1. The van der Waals surface area contributed by atoms with Crippen LogP contribution in [0.15, 0.2) is 23.0 Å². The second-order valence-electron chi connectivity index (χ2n) is 3.23. The van der Waals surface area contributed by atoms with E-state index in [1.54, 1.807) is 18.3 Å². The van der Waals surface area contributed by atoms with Gasteiger partial charge in [0.05, 0.1) is 6.61 Å². The molecule has 2 N–H and O–H groups in total. The summed E-state index contributed by atoms with van der Waals surface area (Å²) in [7, 11) is 0. The molecule has 2 heterocycles. The fourth-order valence-electron chi connectivity index (χ4n) is 1.29. The molecule has 0 aliphatic carbocycles. The number of ether oxygens (including phenoxy) is 1. The fourth-order valence-corrected chi connectivity index (χ4v) is 1.93. The SMILES string of the molecule is CCOC(=O)c1cnc(-c2ccsc2)nc1N. The Morgan fingerprint density at radius 3 is 3.00 bits per heavy atom. The van der Waals surface area contributed by atoms with E-state index in [0.29, 0.717) is 12.4 Å². The first-order valence-electron chi connectivity index (χ1n) is 5.04. The van der Waals surface area contributed by atoms with Crippen LogP contribution in [-0.2, 0) is 4.74 Å². The molecule has 6 heteroatoms. The number of hydrogen-bond acceptors (Lipinski definition) is 6. The highest BCUT2D eigenvalue weighted by atomic mass is 32.1. The summed E-state index contributed by atoms with van der Waals surface area (Å²) in [5.74, 6) is 0.151. The quantitative estimate of drug-likeness (QED) is 0.841. The van der Waals surface area contributed by atoms with Crippen molar-refractivity contribution in [1.29, 1.82) is 0 Å². The standard InChI is InChI=1S/C11H11N3O2S/c1-2-16-11(15)8-5-13-10(14-9(8)12)7-3-4-17-6-7/h3-6H,2H2,1H3,(H2,12,13,14). The minimum atomic E-state index is -0.498. The number of carbonyl (C=O) groups is 1. The van der Waals surface area contributed by atoms with E-state index in [4.69, 9.17) is 10.5 Å². The van der Waals surface area contributed by atoms with Gasteiger partial charge in [0.2, 0.25) is 0 Å². The molecule has 2 aromatic rings. The van der Waals surface area contributed by atoms with Crippen molar-refractivity contribution in [3.05, 3.63) is 28.6 Å². The van der Waals surface area contributed by atoms with Crippen LogP contribution in [0.1, 0.15) is 17.3 Å². The molecule has 5 nitrogen and oxygen atoms in total. The van der Waals surface area contributed by atoms with Gasteiger partial charge >= 0.3 is 5.97 Å². The maximum Gasteiger partial charge on any atom is 0.343 e. The van der Waals surface area contributed by atoms with E-state index in [2.05, 4.69) is 9.97 Å². The summed E-state index contributed by atoms with van der Waals surface area (Å²) in [6.45, 7) is 2.03. The molecule has 0 atom stereocenters. The third-order valence-electron chi connectivity index (χ3n) is 2.09. The molecule has 0 aliphatic heterocycles. The van der Waals surface area contributed by atoms with Gasteiger partial charge in [-0.25, -0.2) is 14.8 Å². The molecule has 88 valence electrons. The van der Waals surface area contributed by atoms with Crippen molar-refractivity contribution in [2.45, 2.75) is 6.92 Å². The lowest BCUT2D eigenvalue weighted by Gasteiger charge is -2.05. The number of carbonyl (C=O) groups excluding carboxylic acids is 1. The van der Waals surface area contributed by atoms with Crippen molar-refractivity contribution in [3.8, 4) is 11.4 Å². The third kappa shape index (κ3) is 2.42. The van der Waals surface area contributed by atoms with E-state index in [0.717, 1.165) is 5.56 Å². The number of thiophene rings is 1. The summed E-state index contributed by atoms with van der Waals surface area (Å²) >= 11 is 1.55. The molecule has 0 spiro atoms. The van der Waals surface area contributed by atoms with Gasteiger partial charge in [0, 0.05) is 17.1 Å². The molecule has 0 bridgehead atoms. The molecule has 2 aromatic heterocycles. The number of rotatable bonds is 3. The number of hydrogen-bond donors (Lipinski definition) is 1. The molecule has 0 saturated heterocycles. The van der Waals surface area contributed by atoms with Gasteiger partial charge in [-0.15, -0.1) is 0 Å². The minimum Gasteiger partial charge on any atom is -0.462 e. The summed E-state index contributed by atoms with van der Waals surface area (Å²) in [4.78, 5) is 19.7. The Balaban J connectivity index is 2.32. The zero-order valence-electron chi connectivity index (χ0n) is 9.21. The first-order chi connectivity index (χ1) is 8.22. The largest absolute Gasteiger partial charge is 0.462 e. The average molecular weight is 249 g/mol. The van der Waals surface area contributed by atoms with Crippen LogP contribution in [0, 0.1) is 0 Å². The average Bonchev–Trinajstić information content (AvgIpc) is 2.82. The van der Waals surface area contributed by atoms with Crippen LogP contribution in [0.3, 0.4) is 0 Å². The van der Waals surface area contributed by atoms with Gasteiger partial charge in [0.15, 0.2) is 5.82 Å². The molecule has 2 rings (SSSR count). The molecule has 0 aromatic carbocycles. The molecule has 17 heavy (non-hydrogen) atoms. The smallest absolute Gasteiger partial charge is 0.343 e. The predicted molar refractivity (Wildman–Crippen MR) is 65.7 cm³/mol. The molecule has 0 radical (unpaired) electrons. The first kappa shape index (κ1) is 11.5. The van der Waals surface area contributed by atoms with Crippen molar-refractivity contribution in [2.75, 3.05) is 12.3 Å². The van der Waals surface area contributed by atoms with E-state index >= 15 is 0 Å². The van der Waals surface area contributed by atoms with E-state index in [9.17, 15) is 4.79 Å². The van der Waals surface area contributed by atoms with E-state index in [1.807, 2.05) is 16.8 Å². The van der Waals surface area contributed by atoms with Crippen LogP contribution in [0.5, 0.6) is 0 Å². The minimum absolute atomic E-state index is 0.139. The van der Waals surface area contributed by atoms with Crippen LogP contribution in [0.2, 0.25) is 0 Å². The van der Waals surface area contributed by atoms with Gasteiger partial charge < -0.3 is 10.5 Å². The lowest BCUT2D eigenvalue weighted by Crippen LogP contribution is -2.10. The van der Waals surface area contributed by atoms with Crippen LogP contribution in [-0.4, -0.2) is 22.5 Å². The summed E-state index contributed by atoms with van der Waals surface area (Å²) in [6.07, 6.45) is 1.40. The Bertz CT molecular complexity index is 526. The number of nitrogens with zero attached hydrogens (tertiary/aromatic N) is 2. The zero-order chi connectivity index (χ0) is 12.3. The highest BCUT2D eigenvalue weighted by molar-refractivity contribution is 7.08. The van der Waals surface area contributed by atoms with Crippen LogP contribution < -0.4 is 5.73 Å². The number of nitrogen functional groups attached to an aromatic ring is 1. The van der Waals surface area contributed by atoms with Crippen LogP contribution in [0.25, 0.3) is 11.4 Å². The van der Waals surface area contributed by atoms with Crippen LogP contribution in [0.4, 0.5) is 5.82 Å². The maximum atomic E-state index is 11.5. The summed E-state index contributed by atoms with van der Waals surface area (Å²) < 4.78 is 4.84. The van der Waals surface area contributed by atoms with Crippen molar-refractivity contribution < 1.29 is 9.53 Å². The van der Waals surface area contributed by atoms with Gasteiger partial charge in [-0.05, 0) is 18.4 Å². The van der Waals surface area contributed by atoms with Gasteiger partial charge in [0.25, 0.3) is 0 Å². The Labute approximate surface area is 102 Å². The molecule has 0 aliphatic rings. The van der Waals surface area contributed by atoms with E-state index < -0.39 is 5.97 Å². The first-order valence-corrected chi connectivity index (χ1v) is 5.99. The monoisotopic (exact) mass is 249 g/mol. The zero-order valence-corrected chi connectivity index (χ0v) is 10.0. The van der Waals surface area contributed by atoms with E-state index in [1.165, 1.54) is 6.20 Å². The molecule has 0 amide bonds. The fraction of sp³-hybridized carbons (Fsp3) is 0.182. The molecular weight excluding hydrogens is 238 g/mol. The topological polar surface area (TPSA) is 78.1 Å². The summed E-state index contributed by atoms with van der Waals surface area (Å²) in [6, 6.07) is 1.89. The van der Waals surface area contributed by atoms with Gasteiger partial charge in [-0.2, -0.15) is 11.3 Å². The van der Waals surface area contributed by atoms with Gasteiger partial charge in [-0.1, -0.05) is 0 Å². The molecule has 0 unspecified atom stereocenters. The lowest BCUT2D eigenvalue weighted by atomic mass is 10.2. The second kappa shape index (κ2) is 4.92. The summed E-state index contributed by atoms with van der Waals surface area (Å²) in [5.41, 5.74) is 6.80. The van der Waals surface area contributed by atoms with Crippen molar-refractivity contribution in [3.63, 3.8) is 0 Å². The Morgan fingerprint density at radius 2 is 2.41 bits per heavy atom. The second-order valence-corrected chi connectivity index (χ2v) is 4.01. The maximum absolute atomic E-state index is 11.5. The number of aromatic nitrogens is 2. The van der Waals surface area contributed by atoms with Crippen molar-refractivity contribution >= 4 is 23.1 Å². The van der Waals surface area contributed by atoms with Crippen molar-refractivity contribution in [1.82, 2.24) is 9.97 Å². The Hall–Kier alpha value is -1.95.